The number of carboxylic acid groups (broad SMARTS) is 1. The number of hydrogen-bond acceptors (Lipinski definition) is 3. The van der Waals surface area contributed by atoms with Crippen LogP contribution >= 0.6 is 0 Å². The van der Waals surface area contributed by atoms with Crippen LogP contribution in [0.3, 0.4) is 0 Å². The van der Waals surface area contributed by atoms with Crippen LogP contribution < -0.4 is 5.32 Å². The molecule has 1 saturated carbocycles. The highest BCUT2D eigenvalue weighted by Gasteiger charge is 2.37. The largest absolute Gasteiger partial charge is 0.481 e. The highest BCUT2D eigenvalue weighted by atomic mass is 16.4. The molecule has 1 aliphatic rings. The summed E-state index contributed by atoms with van der Waals surface area (Å²) >= 11 is 0. The number of nitrogens with one attached hydrogen (secondary N) is 1. The Labute approximate surface area is 88.5 Å². The molecule has 2 unspecified atom stereocenters. The Hall–Kier alpha value is -1.10. The Bertz CT molecular complexity index is 252. The molecular formula is C10H17NO4. The fraction of sp³-hybridized carbons (Fsp3) is 0.800. The van der Waals surface area contributed by atoms with E-state index < -0.39 is 23.9 Å². The number of carbonyl (C=O) groups excluding carboxylic acids is 1. The first-order valence-corrected chi connectivity index (χ1v) is 5.21. The molecule has 0 radical (unpaired) electrons. The summed E-state index contributed by atoms with van der Waals surface area (Å²) in [6, 6.07) is 0. The molecule has 1 fully saturated rings. The summed E-state index contributed by atoms with van der Waals surface area (Å²) in [5.41, 5.74) is 0. The Kier molecular flexibility index (Phi) is 4.08. The minimum atomic E-state index is -0.898. The molecule has 0 saturated heterocycles. The Morgan fingerprint density at radius 1 is 1.40 bits per heavy atom. The predicted molar refractivity (Wildman–Crippen MR) is 53.2 cm³/mol. The lowest BCUT2D eigenvalue weighted by molar-refractivity contribution is -0.146. The molecule has 0 aliphatic heterocycles. The summed E-state index contributed by atoms with van der Waals surface area (Å²) in [5.74, 6) is -2.13. The number of aliphatic hydroxyl groups is 1. The average molecular weight is 215 g/mol. The summed E-state index contributed by atoms with van der Waals surface area (Å²) in [7, 11) is 0. The van der Waals surface area contributed by atoms with Gasteiger partial charge in [-0.05, 0) is 19.8 Å². The number of aliphatic carboxylic acids is 1. The first kappa shape index (κ1) is 12.0. The van der Waals surface area contributed by atoms with Crippen LogP contribution in [0.25, 0.3) is 0 Å². The zero-order valence-electron chi connectivity index (χ0n) is 8.77. The van der Waals surface area contributed by atoms with Gasteiger partial charge in [-0.3, -0.25) is 9.59 Å². The van der Waals surface area contributed by atoms with Gasteiger partial charge >= 0.3 is 5.97 Å². The van der Waals surface area contributed by atoms with Crippen molar-refractivity contribution in [3.8, 4) is 0 Å². The van der Waals surface area contributed by atoms with Crippen molar-refractivity contribution in [1.29, 1.82) is 0 Å². The molecule has 0 bridgehead atoms. The van der Waals surface area contributed by atoms with E-state index in [1.807, 2.05) is 0 Å². The molecule has 1 aliphatic carbocycles. The third-order valence-electron chi connectivity index (χ3n) is 2.74. The van der Waals surface area contributed by atoms with Crippen LogP contribution in [-0.4, -0.2) is 34.7 Å². The molecule has 5 nitrogen and oxygen atoms in total. The Morgan fingerprint density at radius 2 is 2.00 bits per heavy atom. The van der Waals surface area contributed by atoms with E-state index in [0.29, 0.717) is 12.8 Å². The van der Waals surface area contributed by atoms with E-state index in [0.717, 1.165) is 6.42 Å². The standard InChI is InChI=1S/C10H17NO4/c1-6(12)5-11-9(13)7-3-2-4-8(7)10(14)15/h6-8,12H,2-5H2,1H3,(H,11,13)(H,14,15)/t6-,7?,8?/m1/s1. The highest BCUT2D eigenvalue weighted by Crippen LogP contribution is 2.31. The fourth-order valence-electron chi connectivity index (χ4n) is 1.95. The Morgan fingerprint density at radius 3 is 2.53 bits per heavy atom. The maximum atomic E-state index is 11.6. The number of aliphatic hydroxyl groups excluding tert-OH is 1. The molecule has 0 heterocycles. The summed E-state index contributed by atoms with van der Waals surface area (Å²) in [4.78, 5) is 22.4. The maximum absolute atomic E-state index is 11.6. The normalized spacial score (nSPS) is 27.3. The van der Waals surface area contributed by atoms with E-state index in [1.165, 1.54) is 0 Å². The van der Waals surface area contributed by atoms with Crippen molar-refractivity contribution in [3.05, 3.63) is 0 Å². The van der Waals surface area contributed by atoms with Crippen molar-refractivity contribution >= 4 is 11.9 Å². The monoisotopic (exact) mass is 215 g/mol. The zero-order chi connectivity index (χ0) is 11.4. The highest BCUT2D eigenvalue weighted by molar-refractivity contribution is 5.85. The molecule has 3 N–H and O–H groups in total. The van der Waals surface area contributed by atoms with E-state index in [1.54, 1.807) is 6.92 Å². The molecular weight excluding hydrogens is 198 g/mol. The third kappa shape index (κ3) is 3.20. The summed E-state index contributed by atoms with van der Waals surface area (Å²) in [6.07, 6.45) is 1.38. The van der Waals surface area contributed by atoms with Crippen LogP contribution in [0.1, 0.15) is 26.2 Å². The first-order valence-electron chi connectivity index (χ1n) is 5.21. The van der Waals surface area contributed by atoms with Gasteiger partial charge in [0.05, 0.1) is 17.9 Å². The number of carboxylic acids is 1. The van der Waals surface area contributed by atoms with Gasteiger partial charge in [0.15, 0.2) is 0 Å². The van der Waals surface area contributed by atoms with Gasteiger partial charge in [-0.15, -0.1) is 0 Å². The second kappa shape index (κ2) is 5.11. The van der Waals surface area contributed by atoms with Gasteiger partial charge in [0.25, 0.3) is 0 Å². The second-order valence-corrected chi connectivity index (χ2v) is 4.08. The Balaban J connectivity index is 2.47. The summed E-state index contributed by atoms with van der Waals surface area (Å²) in [5, 5.41) is 20.4. The molecule has 1 rings (SSSR count). The quantitative estimate of drug-likeness (QED) is 0.615. The van der Waals surface area contributed by atoms with Gasteiger partial charge in [-0.25, -0.2) is 0 Å². The number of amides is 1. The van der Waals surface area contributed by atoms with E-state index in [4.69, 9.17) is 10.2 Å². The minimum absolute atomic E-state index is 0.182. The lowest BCUT2D eigenvalue weighted by atomic mass is 9.95. The third-order valence-corrected chi connectivity index (χ3v) is 2.74. The van der Waals surface area contributed by atoms with E-state index >= 15 is 0 Å². The van der Waals surface area contributed by atoms with E-state index in [-0.39, 0.29) is 12.5 Å². The first-order chi connectivity index (χ1) is 7.02. The SMILES string of the molecule is C[C@@H](O)CNC(=O)C1CCCC1C(=O)O. The molecule has 0 aromatic carbocycles. The number of carbonyl (C=O) groups is 2. The van der Waals surface area contributed by atoms with Crippen molar-refractivity contribution in [2.45, 2.75) is 32.3 Å². The van der Waals surface area contributed by atoms with Crippen LogP contribution in [0.4, 0.5) is 0 Å². The van der Waals surface area contributed by atoms with Crippen molar-refractivity contribution < 1.29 is 19.8 Å². The molecule has 0 spiro atoms. The van der Waals surface area contributed by atoms with Crippen LogP contribution in [-0.2, 0) is 9.59 Å². The number of hydrogen-bond donors (Lipinski definition) is 3. The number of rotatable bonds is 4. The van der Waals surface area contributed by atoms with Gasteiger partial charge in [0.1, 0.15) is 0 Å². The second-order valence-electron chi connectivity index (χ2n) is 4.08. The van der Waals surface area contributed by atoms with Crippen molar-refractivity contribution in [2.75, 3.05) is 6.54 Å². The summed E-state index contributed by atoms with van der Waals surface area (Å²) in [6.45, 7) is 1.76. The molecule has 15 heavy (non-hydrogen) atoms. The smallest absolute Gasteiger partial charge is 0.307 e. The lowest BCUT2D eigenvalue weighted by Gasteiger charge is -2.16. The van der Waals surface area contributed by atoms with Crippen LogP contribution in [0, 0.1) is 11.8 Å². The average Bonchev–Trinajstić information content (AvgIpc) is 2.62. The molecule has 5 heteroatoms. The molecule has 1 amide bonds. The van der Waals surface area contributed by atoms with Gasteiger partial charge in [0, 0.05) is 6.54 Å². The summed E-state index contributed by atoms with van der Waals surface area (Å²) < 4.78 is 0. The topological polar surface area (TPSA) is 86.6 Å². The van der Waals surface area contributed by atoms with Crippen LogP contribution in [0.2, 0.25) is 0 Å². The minimum Gasteiger partial charge on any atom is -0.481 e. The molecule has 0 aromatic heterocycles. The van der Waals surface area contributed by atoms with Crippen molar-refractivity contribution in [2.24, 2.45) is 11.8 Å². The van der Waals surface area contributed by atoms with E-state index in [9.17, 15) is 9.59 Å². The fourth-order valence-corrected chi connectivity index (χ4v) is 1.95. The molecule has 86 valence electrons. The maximum Gasteiger partial charge on any atom is 0.307 e. The zero-order valence-corrected chi connectivity index (χ0v) is 8.77. The lowest BCUT2D eigenvalue weighted by Crippen LogP contribution is -2.38. The predicted octanol–water partition coefficient (Wildman–Crippen LogP) is -0.0157. The van der Waals surface area contributed by atoms with Crippen LogP contribution in [0.5, 0.6) is 0 Å². The molecule has 0 aromatic rings. The molecule has 3 atom stereocenters. The van der Waals surface area contributed by atoms with Crippen LogP contribution in [0.15, 0.2) is 0 Å². The van der Waals surface area contributed by atoms with Gasteiger partial charge < -0.3 is 15.5 Å². The van der Waals surface area contributed by atoms with Gasteiger partial charge in [0.2, 0.25) is 5.91 Å². The van der Waals surface area contributed by atoms with Crippen molar-refractivity contribution in [1.82, 2.24) is 5.32 Å². The van der Waals surface area contributed by atoms with Gasteiger partial charge in [-0.2, -0.15) is 0 Å². The van der Waals surface area contributed by atoms with Crippen molar-refractivity contribution in [3.63, 3.8) is 0 Å². The van der Waals surface area contributed by atoms with E-state index in [2.05, 4.69) is 5.32 Å². The van der Waals surface area contributed by atoms with Gasteiger partial charge in [-0.1, -0.05) is 6.42 Å².